The molecule has 0 saturated carbocycles. The third kappa shape index (κ3) is 3.49. The summed E-state index contributed by atoms with van der Waals surface area (Å²) in [6, 6.07) is 6.52. The van der Waals surface area contributed by atoms with Crippen LogP contribution in [0.4, 0.5) is 0 Å². The predicted octanol–water partition coefficient (Wildman–Crippen LogP) is -1.63. The number of rotatable bonds is 5. The molecule has 0 bridgehead atoms. The van der Waals surface area contributed by atoms with E-state index < -0.39 is 37.1 Å². The summed E-state index contributed by atoms with van der Waals surface area (Å²) in [5.74, 6) is 0.0854. The van der Waals surface area contributed by atoms with E-state index in [9.17, 15) is 15.0 Å². The van der Waals surface area contributed by atoms with Gasteiger partial charge >= 0.3 is 0 Å². The molecule has 1 saturated heterocycles. The zero-order valence-electron chi connectivity index (χ0n) is 11.4. The van der Waals surface area contributed by atoms with Crippen LogP contribution in [-0.4, -0.2) is 59.5 Å². The molecule has 1 heterocycles. The summed E-state index contributed by atoms with van der Waals surface area (Å²) in [5, 5.41) is 28.2. The third-order valence-electron chi connectivity index (χ3n) is 3.20. The van der Waals surface area contributed by atoms with Crippen LogP contribution in [0.15, 0.2) is 24.3 Å². The van der Waals surface area contributed by atoms with Crippen molar-refractivity contribution in [1.82, 2.24) is 10.9 Å². The molecule has 1 aromatic rings. The van der Waals surface area contributed by atoms with E-state index in [0.29, 0.717) is 11.3 Å². The van der Waals surface area contributed by atoms with Gasteiger partial charge in [0, 0.05) is 5.56 Å². The summed E-state index contributed by atoms with van der Waals surface area (Å²) in [6.07, 6.45) is -4.38. The zero-order valence-corrected chi connectivity index (χ0v) is 11.4. The van der Waals surface area contributed by atoms with Gasteiger partial charge in [0.05, 0.1) is 13.7 Å². The Bertz CT molecular complexity index is 497. The largest absolute Gasteiger partial charge is 0.497 e. The minimum Gasteiger partial charge on any atom is -0.497 e. The van der Waals surface area contributed by atoms with Crippen LogP contribution in [0.1, 0.15) is 10.4 Å². The normalized spacial score (nSPS) is 28.4. The van der Waals surface area contributed by atoms with Crippen molar-refractivity contribution in [2.75, 3.05) is 13.7 Å². The highest BCUT2D eigenvalue weighted by atomic mass is 16.6. The lowest BCUT2D eigenvalue weighted by atomic mass is 10.1. The Morgan fingerprint density at radius 1 is 1.38 bits per heavy atom. The van der Waals surface area contributed by atoms with E-state index >= 15 is 0 Å². The van der Waals surface area contributed by atoms with Crippen molar-refractivity contribution in [3.8, 4) is 5.75 Å². The molecule has 0 radical (unpaired) electrons. The lowest BCUT2D eigenvalue weighted by Gasteiger charge is -2.17. The van der Waals surface area contributed by atoms with Gasteiger partial charge in [-0.25, -0.2) is 5.43 Å². The molecule has 5 N–H and O–H groups in total. The van der Waals surface area contributed by atoms with Crippen LogP contribution in [0, 0.1) is 0 Å². The fraction of sp³-hybridized carbons (Fsp3) is 0.462. The predicted molar refractivity (Wildman–Crippen MR) is 71.4 cm³/mol. The van der Waals surface area contributed by atoms with Crippen molar-refractivity contribution in [3.63, 3.8) is 0 Å². The van der Waals surface area contributed by atoms with Crippen LogP contribution in [-0.2, 0) is 4.74 Å². The molecule has 116 valence electrons. The van der Waals surface area contributed by atoms with E-state index in [-0.39, 0.29) is 0 Å². The number of aliphatic hydroxyl groups is 3. The Hall–Kier alpha value is -1.71. The van der Waals surface area contributed by atoms with Gasteiger partial charge in [-0.1, -0.05) is 6.07 Å². The Balaban J connectivity index is 1.92. The second kappa shape index (κ2) is 6.83. The minimum absolute atomic E-state index is 0.355. The second-order valence-corrected chi connectivity index (χ2v) is 4.59. The number of carbonyl (C=O) groups excluding carboxylic acids is 1. The van der Waals surface area contributed by atoms with E-state index in [0.717, 1.165) is 0 Å². The van der Waals surface area contributed by atoms with Crippen molar-refractivity contribution in [2.45, 2.75) is 24.5 Å². The number of nitrogens with one attached hydrogen (secondary N) is 2. The molecule has 2 rings (SSSR count). The molecule has 8 heteroatoms. The van der Waals surface area contributed by atoms with Crippen LogP contribution in [0.25, 0.3) is 0 Å². The monoisotopic (exact) mass is 298 g/mol. The summed E-state index contributed by atoms with van der Waals surface area (Å²) in [5.41, 5.74) is 5.20. The van der Waals surface area contributed by atoms with Gasteiger partial charge in [-0.05, 0) is 18.2 Å². The van der Waals surface area contributed by atoms with Gasteiger partial charge in [-0.2, -0.15) is 0 Å². The fourth-order valence-electron chi connectivity index (χ4n) is 1.99. The van der Waals surface area contributed by atoms with E-state index in [1.165, 1.54) is 7.11 Å². The molecule has 1 aromatic carbocycles. The van der Waals surface area contributed by atoms with Gasteiger partial charge in [0.15, 0.2) is 6.23 Å². The summed E-state index contributed by atoms with van der Waals surface area (Å²) in [7, 11) is 1.49. The highest BCUT2D eigenvalue weighted by molar-refractivity contribution is 5.94. The van der Waals surface area contributed by atoms with E-state index in [4.69, 9.17) is 14.6 Å². The van der Waals surface area contributed by atoms with E-state index in [1.54, 1.807) is 24.3 Å². The van der Waals surface area contributed by atoms with Gasteiger partial charge in [-0.15, -0.1) is 0 Å². The first-order valence-electron chi connectivity index (χ1n) is 6.39. The first kappa shape index (κ1) is 15.7. The number of methoxy groups -OCH3 is 1. The second-order valence-electron chi connectivity index (χ2n) is 4.59. The molecule has 0 unspecified atom stereocenters. The van der Waals surface area contributed by atoms with Crippen LogP contribution >= 0.6 is 0 Å². The van der Waals surface area contributed by atoms with E-state index in [1.807, 2.05) is 0 Å². The molecule has 21 heavy (non-hydrogen) atoms. The highest BCUT2D eigenvalue weighted by Crippen LogP contribution is 2.19. The molecule has 1 amide bonds. The number of hydrogen-bond donors (Lipinski definition) is 5. The highest BCUT2D eigenvalue weighted by Gasteiger charge is 2.42. The summed E-state index contributed by atoms with van der Waals surface area (Å²) in [6.45, 7) is -0.430. The number of amides is 1. The van der Waals surface area contributed by atoms with Crippen LogP contribution in [0.5, 0.6) is 5.75 Å². The summed E-state index contributed by atoms with van der Waals surface area (Å²) in [4.78, 5) is 11.9. The molecular weight excluding hydrogens is 280 g/mol. The molecular formula is C13H18N2O6. The maximum atomic E-state index is 11.9. The molecule has 0 aromatic heterocycles. The quantitative estimate of drug-likeness (QED) is 0.414. The van der Waals surface area contributed by atoms with Crippen molar-refractivity contribution in [3.05, 3.63) is 29.8 Å². The van der Waals surface area contributed by atoms with Gasteiger partial charge in [0.25, 0.3) is 5.91 Å². The van der Waals surface area contributed by atoms with Crippen LogP contribution in [0.3, 0.4) is 0 Å². The fourth-order valence-corrected chi connectivity index (χ4v) is 1.99. The molecule has 4 atom stereocenters. The molecule has 0 spiro atoms. The topological polar surface area (TPSA) is 120 Å². The number of hydrazine groups is 1. The molecule has 1 fully saturated rings. The molecule has 1 aliphatic heterocycles. The van der Waals surface area contributed by atoms with Crippen molar-refractivity contribution < 1.29 is 29.6 Å². The average molecular weight is 298 g/mol. The Morgan fingerprint density at radius 3 is 2.76 bits per heavy atom. The van der Waals surface area contributed by atoms with Crippen molar-refractivity contribution >= 4 is 5.91 Å². The number of hydrogen-bond acceptors (Lipinski definition) is 7. The first-order chi connectivity index (χ1) is 10.1. The molecule has 8 nitrogen and oxygen atoms in total. The number of aliphatic hydroxyl groups excluding tert-OH is 3. The SMILES string of the molecule is COc1cccc(C(=O)NN[C@H]2O[C@@H](CO)[C@@H](O)[C@H]2O)c1. The van der Waals surface area contributed by atoms with Crippen LogP contribution < -0.4 is 15.6 Å². The Morgan fingerprint density at radius 2 is 2.14 bits per heavy atom. The van der Waals surface area contributed by atoms with E-state index in [2.05, 4.69) is 10.9 Å². The smallest absolute Gasteiger partial charge is 0.265 e. The third-order valence-corrected chi connectivity index (χ3v) is 3.20. The van der Waals surface area contributed by atoms with Crippen molar-refractivity contribution in [1.29, 1.82) is 0 Å². The molecule has 0 aliphatic carbocycles. The van der Waals surface area contributed by atoms with Gasteiger partial charge in [0.1, 0.15) is 24.1 Å². The van der Waals surface area contributed by atoms with Crippen molar-refractivity contribution in [2.24, 2.45) is 0 Å². The molecule has 1 aliphatic rings. The van der Waals surface area contributed by atoms with Gasteiger partial charge in [-0.3, -0.25) is 10.2 Å². The first-order valence-corrected chi connectivity index (χ1v) is 6.39. The zero-order chi connectivity index (χ0) is 15.4. The van der Waals surface area contributed by atoms with Gasteiger partial charge < -0.3 is 24.8 Å². The number of ether oxygens (including phenoxy) is 2. The summed E-state index contributed by atoms with van der Waals surface area (Å²) < 4.78 is 10.2. The Labute approximate surface area is 121 Å². The standard InChI is InChI=1S/C13H18N2O6/c1-20-8-4-2-3-7(5-8)12(19)14-15-13-11(18)10(17)9(6-16)21-13/h2-5,9-11,13,15-18H,6H2,1H3,(H,14,19)/t9-,10+,11+,13-/m0/s1. The number of carbonyl (C=O) groups is 1. The Kier molecular flexibility index (Phi) is 5.10. The summed E-state index contributed by atoms with van der Waals surface area (Å²) >= 11 is 0. The van der Waals surface area contributed by atoms with Crippen LogP contribution in [0.2, 0.25) is 0 Å². The lowest BCUT2D eigenvalue weighted by molar-refractivity contribution is -0.0375. The minimum atomic E-state index is -1.26. The average Bonchev–Trinajstić information content (AvgIpc) is 2.80. The maximum absolute atomic E-state index is 11.9. The lowest BCUT2D eigenvalue weighted by Crippen LogP contribution is -2.49. The maximum Gasteiger partial charge on any atom is 0.265 e. The number of benzene rings is 1. The van der Waals surface area contributed by atoms with Gasteiger partial charge in [0.2, 0.25) is 0 Å².